The highest BCUT2D eigenvalue weighted by atomic mass is 16.5. The van der Waals surface area contributed by atoms with Crippen molar-refractivity contribution >= 4 is 17.5 Å². The number of piperazine rings is 1. The lowest BCUT2D eigenvalue weighted by molar-refractivity contribution is 0.0736. The topological polar surface area (TPSA) is 87.8 Å². The molecule has 1 amide bonds. The Morgan fingerprint density at radius 1 is 0.926 bits per heavy atom. The van der Waals surface area contributed by atoms with E-state index in [1.807, 2.05) is 17.9 Å². The molecule has 0 N–H and O–H groups in total. The van der Waals surface area contributed by atoms with Gasteiger partial charge in [-0.25, -0.2) is 9.97 Å². The van der Waals surface area contributed by atoms with Crippen LogP contribution >= 0.6 is 0 Å². The average molecular weight is 372 g/mol. The van der Waals surface area contributed by atoms with Gasteiger partial charge in [-0.2, -0.15) is 0 Å². The third kappa shape index (κ3) is 3.87. The van der Waals surface area contributed by atoms with Crippen molar-refractivity contribution in [1.82, 2.24) is 20.0 Å². The Labute approximate surface area is 157 Å². The standard InChI is InChI=1S/C18H24N6O3/c1-13-11-15(21-27-13)18(25)24-5-3-22(4-6-24)16-12-17(20-14(2)19-16)23-7-9-26-10-8-23/h11-12H,3-10H2,1-2H3. The third-order valence-electron chi connectivity index (χ3n) is 4.88. The van der Waals surface area contributed by atoms with E-state index in [-0.39, 0.29) is 5.91 Å². The number of carbonyl (C=O) groups excluding carboxylic acids is 1. The van der Waals surface area contributed by atoms with E-state index in [1.165, 1.54) is 0 Å². The predicted octanol–water partition coefficient (Wildman–Crippen LogP) is 0.880. The lowest BCUT2D eigenvalue weighted by Gasteiger charge is -2.35. The molecule has 0 unspecified atom stereocenters. The minimum Gasteiger partial charge on any atom is -0.378 e. The second-order valence-corrected chi connectivity index (χ2v) is 6.83. The van der Waals surface area contributed by atoms with Crippen LogP contribution < -0.4 is 9.80 Å². The Hall–Kier alpha value is -2.68. The van der Waals surface area contributed by atoms with Gasteiger partial charge in [0.05, 0.1) is 13.2 Å². The molecule has 9 heteroatoms. The van der Waals surface area contributed by atoms with Gasteiger partial charge in [0.15, 0.2) is 5.69 Å². The summed E-state index contributed by atoms with van der Waals surface area (Å²) in [7, 11) is 0. The van der Waals surface area contributed by atoms with Crippen molar-refractivity contribution in [3.05, 3.63) is 29.4 Å². The Bertz CT molecular complexity index is 809. The first-order valence-corrected chi connectivity index (χ1v) is 9.26. The van der Waals surface area contributed by atoms with Crippen molar-refractivity contribution in [3.63, 3.8) is 0 Å². The van der Waals surface area contributed by atoms with Crippen LogP contribution in [0.15, 0.2) is 16.7 Å². The molecule has 2 aliphatic heterocycles. The largest absolute Gasteiger partial charge is 0.378 e. The van der Waals surface area contributed by atoms with Crippen molar-refractivity contribution in [2.45, 2.75) is 13.8 Å². The number of anilines is 2. The molecular weight excluding hydrogens is 348 g/mol. The Morgan fingerprint density at radius 3 is 2.15 bits per heavy atom. The highest BCUT2D eigenvalue weighted by Crippen LogP contribution is 2.21. The van der Waals surface area contributed by atoms with Gasteiger partial charge in [0.25, 0.3) is 5.91 Å². The number of aryl methyl sites for hydroxylation is 2. The third-order valence-corrected chi connectivity index (χ3v) is 4.88. The summed E-state index contributed by atoms with van der Waals surface area (Å²) in [5.41, 5.74) is 0.369. The van der Waals surface area contributed by atoms with Crippen molar-refractivity contribution in [3.8, 4) is 0 Å². The molecule has 2 aromatic rings. The van der Waals surface area contributed by atoms with E-state index in [1.54, 1.807) is 13.0 Å². The lowest BCUT2D eigenvalue weighted by Crippen LogP contribution is -2.49. The summed E-state index contributed by atoms with van der Waals surface area (Å²) in [6, 6.07) is 3.72. The first kappa shape index (κ1) is 17.7. The number of morpholine rings is 1. The van der Waals surface area contributed by atoms with E-state index < -0.39 is 0 Å². The summed E-state index contributed by atoms with van der Waals surface area (Å²) >= 11 is 0. The van der Waals surface area contributed by atoms with Crippen molar-refractivity contribution in [1.29, 1.82) is 0 Å². The van der Waals surface area contributed by atoms with Gasteiger partial charge < -0.3 is 24.0 Å². The van der Waals surface area contributed by atoms with E-state index in [0.717, 1.165) is 56.9 Å². The van der Waals surface area contributed by atoms with Crippen LogP contribution in [0.25, 0.3) is 0 Å². The fraction of sp³-hybridized carbons (Fsp3) is 0.556. The summed E-state index contributed by atoms with van der Waals surface area (Å²) in [5, 5.41) is 3.83. The number of ether oxygens (including phenoxy) is 1. The van der Waals surface area contributed by atoms with E-state index in [4.69, 9.17) is 9.26 Å². The first-order valence-electron chi connectivity index (χ1n) is 9.26. The van der Waals surface area contributed by atoms with Crippen LogP contribution in [0, 0.1) is 13.8 Å². The predicted molar refractivity (Wildman–Crippen MR) is 99.2 cm³/mol. The van der Waals surface area contributed by atoms with Crippen LogP contribution in [0.3, 0.4) is 0 Å². The van der Waals surface area contributed by atoms with E-state index in [9.17, 15) is 4.79 Å². The number of aromatic nitrogens is 3. The summed E-state index contributed by atoms with van der Waals surface area (Å²) in [5.74, 6) is 3.17. The maximum Gasteiger partial charge on any atom is 0.276 e. The number of hydrogen-bond donors (Lipinski definition) is 0. The maximum atomic E-state index is 12.5. The lowest BCUT2D eigenvalue weighted by atomic mass is 10.2. The zero-order chi connectivity index (χ0) is 18.8. The Balaban J connectivity index is 1.43. The van der Waals surface area contributed by atoms with Gasteiger partial charge in [0.1, 0.15) is 23.2 Å². The van der Waals surface area contributed by atoms with Crippen molar-refractivity contribution in [2.75, 3.05) is 62.3 Å². The summed E-state index contributed by atoms with van der Waals surface area (Å²) in [6.07, 6.45) is 0. The molecule has 2 fully saturated rings. The zero-order valence-corrected chi connectivity index (χ0v) is 15.7. The Kier molecular flexibility index (Phi) is 4.93. The first-order chi connectivity index (χ1) is 13.1. The molecule has 9 nitrogen and oxygen atoms in total. The van der Waals surface area contributed by atoms with Gasteiger partial charge >= 0.3 is 0 Å². The molecule has 0 radical (unpaired) electrons. The van der Waals surface area contributed by atoms with Gasteiger partial charge in [0, 0.05) is 51.4 Å². The molecule has 144 valence electrons. The summed E-state index contributed by atoms with van der Waals surface area (Å²) < 4.78 is 10.4. The minimum absolute atomic E-state index is 0.0839. The van der Waals surface area contributed by atoms with Crippen LogP contribution in [0.5, 0.6) is 0 Å². The molecule has 2 saturated heterocycles. The molecular formula is C18H24N6O3. The zero-order valence-electron chi connectivity index (χ0n) is 15.7. The molecule has 0 bridgehead atoms. The van der Waals surface area contributed by atoms with Gasteiger partial charge in [-0.1, -0.05) is 5.16 Å². The molecule has 0 atom stereocenters. The minimum atomic E-state index is -0.0839. The number of amides is 1. The summed E-state index contributed by atoms with van der Waals surface area (Å²) in [4.78, 5) is 28.0. The number of nitrogens with zero attached hydrogens (tertiary/aromatic N) is 6. The molecule has 0 aromatic carbocycles. The average Bonchev–Trinajstić information content (AvgIpc) is 3.14. The second-order valence-electron chi connectivity index (χ2n) is 6.83. The monoisotopic (exact) mass is 372 g/mol. The molecule has 0 saturated carbocycles. The highest BCUT2D eigenvalue weighted by molar-refractivity contribution is 5.92. The smallest absolute Gasteiger partial charge is 0.276 e. The molecule has 4 rings (SSSR count). The molecule has 2 aliphatic rings. The van der Waals surface area contributed by atoms with Crippen LogP contribution in [-0.4, -0.2) is 78.4 Å². The molecule has 0 aliphatic carbocycles. The second kappa shape index (κ2) is 7.51. The fourth-order valence-corrected chi connectivity index (χ4v) is 3.42. The SMILES string of the molecule is Cc1nc(N2CCOCC2)cc(N2CCN(C(=O)c3cc(C)on3)CC2)n1. The van der Waals surface area contributed by atoms with Crippen LogP contribution in [0.4, 0.5) is 11.6 Å². The molecule has 27 heavy (non-hydrogen) atoms. The normalized spacial score (nSPS) is 18.1. The number of hydrogen-bond acceptors (Lipinski definition) is 8. The van der Waals surface area contributed by atoms with Crippen LogP contribution in [0.1, 0.15) is 22.1 Å². The molecule has 2 aromatic heterocycles. The van der Waals surface area contributed by atoms with Crippen LogP contribution in [0.2, 0.25) is 0 Å². The molecule has 4 heterocycles. The van der Waals surface area contributed by atoms with E-state index >= 15 is 0 Å². The number of rotatable bonds is 3. The van der Waals surface area contributed by atoms with Gasteiger partial charge in [-0.15, -0.1) is 0 Å². The van der Waals surface area contributed by atoms with Crippen molar-refractivity contribution < 1.29 is 14.1 Å². The van der Waals surface area contributed by atoms with E-state index in [0.29, 0.717) is 24.5 Å². The highest BCUT2D eigenvalue weighted by Gasteiger charge is 2.25. The Morgan fingerprint density at radius 2 is 1.56 bits per heavy atom. The van der Waals surface area contributed by atoms with Gasteiger partial charge in [-0.3, -0.25) is 4.79 Å². The van der Waals surface area contributed by atoms with Gasteiger partial charge in [0.2, 0.25) is 0 Å². The quantitative estimate of drug-likeness (QED) is 0.785. The van der Waals surface area contributed by atoms with Gasteiger partial charge in [-0.05, 0) is 13.8 Å². The van der Waals surface area contributed by atoms with E-state index in [2.05, 4.69) is 24.9 Å². The maximum absolute atomic E-state index is 12.5. The fourth-order valence-electron chi connectivity index (χ4n) is 3.42. The molecule has 0 spiro atoms. The summed E-state index contributed by atoms with van der Waals surface area (Å²) in [6.45, 7) is 9.53. The van der Waals surface area contributed by atoms with Crippen molar-refractivity contribution in [2.24, 2.45) is 0 Å². The van der Waals surface area contributed by atoms with Crippen LogP contribution in [-0.2, 0) is 4.74 Å². The number of carbonyl (C=O) groups is 1.